The molecule has 1 unspecified atom stereocenters. The summed E-state index contributed by atoms with van der Waals surface area (Å²) in [6.07, 6.45) is 8.49. The summed E-state index contributed by atoms with van der Waals surface area (Å²) in [6, 6.07) is 0.884. The Labute approximate surface area is 107 Å². The predicted molar refractivity (Wildman–Crippen MR) is 74.3 cm³/mol. The lowest BCUT2D eigenvalue weighted by atomic mass is 10.1. The second-order valence-corrected chi connectivity index (χ2v) is 6.53. The van der Waals surface area contributed by atoms with Crippen LogP contribution in [-0.2, 0) is 0 Å². The Hall–Kier alpha value is -0.0800. The number of unbranched alkanes of at least 4 members (excludes halogenated alkanes) is 1. The summed E-state index contributed by atoms with van der Waals surface area (Å²) in [7, 11) is 0. The van der Waals surface area contributed by atoms with Crippen molar-refractivity contribution in [3.05, 3.63) is 0 Å². The van der Waals surface area contributed by atoms with Crippen LogP contribution in [0.1, 0.15) is 52.4 Å². The summed E-state index contributed by atoms with van der Waals surface area (Å²) in [5, 5.41) is 3.67. The third-order valence-corrected chi connectivity index (χ3v) is 4.15. The van der Waals surface area contributed by atoms with Gasteiger partial charge in [0.25, 0.3) is 0 Å². The molecule has 2 rings (SSSR count). The van der Waals surface area contributed by atoms with Gasteiger partial charge < -0.3 is 10.2 Å². The fraction of sp³-hybridized carbons (Fsp3) is 1.00. The number of rotatable bonds is 8. The third kappa shape index (κ3) is 5.39. The SMILES string of the molecule is CC(C)CCCCN1CCC(CNC2CC2)C1. The standard InChI is InChI=1S/C15H30N2/c1-13(2)5-3-4-9-17-10-8-14(12-17)11-16-15-6-7-15/h13-16H,3-12H2,1-2H3. The lowest BCUT2D eigenvalue weighted by molar-refractivity contribution is 0.309. The lowest BCUT2D eigenvalue weighted by Crippen LogP contribution is -2.28. The zero-order valence-electron chi connectivity index (χ0n) is 11.8. The van der Waals surface area contributed by atoms with Crippen LogP contribution >= 0.6 is 0 Å². The van der Waals surface area contributed by atoms with Crippen LogP contribution in [0.3, 0.4) is 0 Å². The molecule has 2 heteroatoms. The molecule has 0 spiro atoms. The smallest absolute Gasteiger partial charge is 0.00683 e. The van der Waals surface area contributed by atoms with Gasteiger partial charge in [0.2, 0.25) is 0 Å². The second kappa shape index (κ2) is 6.75. The maximum absolute atomic E-state index is 3.67. The Balaban J connectivity index is 1.48. The average Bonchev–Trinajstić information content (AvgIpc) is 3.01. The second-order valence-electron chi connectivity index (χ2n) is 6.53. The van der Waals surface area contributed by atoms with E-state index in [9.17, 15) is 0 Å². The maximum atomic E-state index is 3.67. The normalized spacial score (nSPS) is 25.9. The molecule has 0 aromatic carbocycles. The minimum atomic E-state index is 0.879. The fourth-order valence-corrected chi connectivity index (χ4v) is 2.79. The van der Waals surface area contributed by atoms with E-state index in [-0.39, 0.29) is 0 Å². The van der Waals surface area contributed by atoms with E-state index in [0.29, 0.717) is 0 Å². The molecule has 1 saturated heterocycles. The minimum Gasteiger partial charge on any atom is -0.314 e. The summed E-state index contributed by atoms with van der Waals surface area (Å²) < 4.78 is 0. The van der Waals surface area contributed by atoms with Crippen molar-refractivity contribution in [2.24, 2.45) is 11.8 Å². The van der Waals surface area contributed by atoms with Gasteiger partial charge >= 0.3 is 0 Å². The van der Waals surface area contributed by atoms with E-state index in [1.807, 2.05) is 0 Å². The van der Waals surface area contributed by atoms with E-state index in [1.54, 1.807) is 0 Å². The van der Waals surface area contributed by atoms with E-state index >= 15 is 0 Å². The molecule has 2 aliphatic rings. The first-order chi connectivity index (χ1) is 8.24. The molecule has 2 nitrogen and oxygen atoms in total. The average molecular weight is 238 g/mol. The summed E-state index contributed by atoms with van der Waals surface area (Å²) >= 11 is 0. The molecule has 1 N–H and O–H groups in total. The van der Waals surface area contributed by atoms with E-state index in [4.69, 9.17) is 0 Å². The highest BCUT2D eigenvalue weighted by Crippen LogP contribution is 2.21. The van der Waals surface area contributed by atoms with Crippen molar-refractivity contribution in [3.8, 4) is 0 Å². The van der Waals surface area contributed by atoms with Crippen LogP contribution in [0, 0.1) is 11.8 Å². The van der Waals surface area contributed by atoms with Gasteiger partial charge in [-0.05, 0) is 57.2 Å². The summed E-state index contributed by atoms with van der Waals surface area (Å²) in [6.45, 7) is 9.96. The number of hydrogen-bond acceptors (Lipinski definition) is 2. The van der Waals surface area contributed by atoms with Gasteiger partial charge in [-0.2, -0.15) is 0 Å². The van der Waals surface area contributed by atoms with Crippen molar-refractivity contribution in [1.82, 2.24) is 10.2 Å². The predicted octanol–water partition coefficient (Wildman–Crippen LogP) is 2.89. The molecule has 1 aliphatic heterocycles. The van der Waals surface area contributed by atoms with Crippen molar-refractivity contribution in [3.63, 3.8) is 0 Å². The maximum Gasteiger partial charge on any atom is 0.00683 e. The Morgan fingerprint density at radius 2 is 2.00 bits per heavy atom. The van der Waals surface area contributed by atoms with Crippen LogP contribution in [0.5, 0.6) is 0 Å². The topological polar surface area (TPSA) is 15.3 Å². The molecule has 2 fully saturated rings. The zero-order valence-corrected chi connectivity index (χ0v) is 11.8. The quantitative estimate of drug-likeness (QED) is 0.654. The van der Waals surface area contributed by atoms with Gasteiger partial charge in [-0.1, -0.05) is 26.7 Å². The van der Waals surface area contributed by atoms with Crippen molar-refractivity contribution in [1.29, 1.82) is 0 Å². The molecule has 1 aliphatic carbocycles. The monoisotopic (exact) mass is 238 g/mol. The molecule has 0 radical (unpaired) electrons. The Kier molecular flexibility index (Phi) is 5.30. The Bertz CT molecular complexity index is 211. The Morgan fingerprint density at radius 3 is 2.71 bits per heavy atom. The van der Waals surface area contributed by atoms with Gasteiger partial charge in [-0.15, -0.1) is 0 Å². The van der Waals surface area contributed by atoms with Crippen molar-refractivity contribution < 1.29 is 0 Å². The van der Waals surface area contributed by atoms with E-state index < -0.39 is 0 Å². The summed E-state index contributed by atoms with van der Waals surface area (Å²) in [5.74, 6) is 1.81. The minimum absolute atomic E-state index is 0.879. The molecule has 0 bridgehead atoms. The highest BCUT2D eigenvalue weighted by atomic mass is 15.1. The van der Waals surface area contributed by atoms with Crippen molar-refractivity contribution in [2.75, 3.05) is 26.2 Å². The number of likely N-dealkylation sites (tertiary alicyclic amines) is 1. The molecular formula is C15H30N2. The first kappa shape index (κ1) is 13.4. The van der Waals surface area contributed by atoms with Gasteiger partial charge in [-0.25, -0.2) is 0 Å². The van der Waals surface area contributed by atoms with Crippen LogP contribution in [0.15, 0.2) is 0 Å². The highest BCUT2D eigenvalue weighted by molar-refractivity contribution is 4.84. The number of nitrogens with zero attached hydrogens (tertiary/aromatic N) is 1. The molecule has 1 saturated carbocycles. The molecule has 0 amide bonds. The molecule has 0 aromatic rings. The first-order valence-corrected chi connectivity index (χ1v) is 7.70. The van der Waals surface area contributed by atoms with Crippen LogP contribution in [0.4, 0.5) is 0 Å². The van der Waals surface area contributed by atoms with E-state index in [1.165, 1.54) is 64.7 Å². The van der Waals surface area contributed by atoms with Gasteiger partial charge in [0.1, 0.15) is 0 Å². The molecule has 0 aromatic heterocycles. The zero-order chi connectivity index (χ0) is 12.1. The lowest BCUT2D eigenvalue weighted by Gasteiger charge is -2.16. The van der Waals surface area contributed by atoms with Crippen LogP contribution < -0.4 is 5.32 Å². The third-order valence-electron chi connectivity index (χ3n) is 4.15. The van der Waals surface area contributed by atoms with Gasteiger partial charge in [0.15, 0.2) is 0 Å². The summed E-state index contributed by atoms with van der Waals surface area (Å²) in [4.78, 5) is 2.68. The largest absolute Gasteiger partial charge is 0.314 e. The van der Waals surface area contributed by atoms with Crippen molar-refractivity contribution >= 4 is 0 Å². The molecule has 100 valence electrons. The van der Waals surface area contributed by atoms with E-state index in [0.717, 1.165) is 17.9 Å². The molecule has 1 atom stereocenters. The number of nitrogens with one attached hydrogen (secondary N) is 1. The summed E-state index contributed by atoms with van der Waals surface area (Å²) in [5.41, 5.74) is 0. The van der Waals surface area contributed by atoms with Crippen LogP contribution in [0.2, 0.25) is 0 Å². The van der Waals surface area contributed by atoms with Crippen LogP contribution in [-0.4, -0.2) is 37.1 Å². The van der Waals surface area contributed by atoms with E-state index in [2.05, 4.69) is 24.1 Å². The number of hydrogen-bond donors (Lipinski definition) is 1. The van der Waals surface area contributed by atoms with Gasteiger partial charge in [0.05, 0.1) is 0 Å². The van der Waals surface area contributed by atoms with Gasteiger partial charge in [-0.3, -0.25) is 0 Å². The highest BCUT2D eigenvalue weighted by Gasteiger charge is 2.25. The van der Waals surface area contributed by atoms with Gasteiger partial charge in [0, 0.05) is 12.6 Å². The Morgan fingerprint density at radius 1 is 1.18 bits per heavy atom. The molecular weight excluding hydrogens is 208 g/mol. The molecule has 17 heavy (non-hydrogen) atoms. The van der Waals surface area contributed by atoms with Crippen LogP contribution in [0.25, 0.3) is 0 Å². The van der Waals surface area contributed by atoms with Crippen molar-refractivity contribution in [2.45, 2.75) is 58.4 Å². The fourth-order valence-electron chi connectivity index (χ4n) is 2.79. The molecule has 1 heterocycles. The first-order valence-electron chi connectivity index (χ1n) is 7.70.